The number of aryl methyl sites for hydroxylation is 1. The van der Waals surface area contributed by atoms with Crippen molar-refractivity contribution >= 4 is 0 Å². The number of hydrogen-bond acceptors (Lipinski definition) is 1. The summed E-state index contributed by atoms with van der Waals surface area (Å²) in [7, 11) is 2.03. The van der Waals surface area contributed by atoms with E-state index in [0.29, 0.717) is 12.0 Å². The van der Waals surface area contributed by atoms with E-state index in [9.17, 15) is 4.39 Å². The third-order valence-corrected chi connectivity index (χ3v) is 4.12. The summed E-state index contributed by atoms with van der Waals surface area (Å²) in [4.78, 5) is 0. The Hall–Kier alpha value is -0.890. The number of hydrogen-bond donors (Lipinski definition) is 1. The standard InChI is InChI=1S/C15H22FN/c1-10-8-14(16)7-6-13(10)9-15(17-3)11(2)12-4-5-12/h6-8,11-12,15,17H,4-5,9H2,1-3H3. The van der Waals surface area contributed by atoms with E-state index < -0.39 is 0 Å². The van der Waals surface area contributed by atoms with Crippen LogP contribution in [0.4, 0.5) is 4.39 Å². The first-order valence-electron chi connectivity index (χ1n) is 6.54. The van der Waals surface area contributed by atoms with Crippen molar-refractivity contribution in [3.05, 3.63) is 35.1 Å². The minimum absolute atomic E-state index is 0.137. The normalized spacial score (nSPS) is 19.1. The summed E-state index contributed by atoms with van der Waals surface area (Å²) in [5.41, 5.74) is 2.33. The third kappa shape index (κ3) is 3.06. The highest BCUT2D eigenvalue weighted by Crippen LogP contribution is 2.38. The Morgan fingerprint density at radius 2 is 2.12 bits per heavy atom. The Bertz CT molecular complexity index is 385. The molecule has 1 aromatic rings. The smallest absolute Gasteiger partial charge is 0.123 e. The van der Waals surface area contributed by atoms with Gasteiger partial charge in [-0.25, -0.2) is 4.39 Å². The predicted molar refractivity (Wildman–Crippen MR) is 69.6 cm³/mol. The topological polar surface area (TPSA) is 12.0 Å². The molecule has 0 aliphatic heterocycles. The number of benzene rings is 1. The molecule has 1 aliphatic carbocycles. The van der Waals surface area contributed by atoms with Crippen molar-refractivity contribution in [2.45, 2.75) is 39.2 Å². The lowest BCUT2D eigenvalue weighted by Crippen LogP contribution is -2.35. The molecule has 2 rings (SSSR count). The van der Waals surface area contributed by atoms with Gasteiger partial charge in [0.15, 0.2) is 0 Å². The van der Waals surface area contributed by atoms with E-state index in [1.807, 2.05) is 20.0 Å². The van der Waals surface area contributed by atoms with Gasteiger partial charge in [-0.3, -0.25) is 0 Å². The second-order valence-corrected chi connectivity index (χ2v) is 5.37. The van der Waals surface area contributed by atoms with E-state index in [1.54, 1.807) is 12.1 Å². The van der Waals surface area contributed by atoms with Crippen LogP contribution in [0.2, 0.25) is 0 Å². The van der Waals surface area contributed by atoms with Crippen molar-refractivity contribution in [2.24, 2.45) is 11.8 Å². The molecule has 1 aliphatic rings. The van der Waals surface area contributed by atoms with E-state index >= 15 is 0 Å². The fraction of sp³-hybridized carbons (Fsp3) is 0.600. The number of rotatable bonds is 5. The first kappa shape index (κ1) is 12.6. The second kappa shape index (κ2) is 5.18. The average molecular weight is 235 g/mol. The molecule has 0 aromatic heterocycles. The first-order chi connectivity index (χ1) is 8.11. The summed E-state index contributed by atoms with van der Waals surface area (Å²) in [5, 5.41) is 3.42. The van der Waals surface area contributed by atoms with Gasteiger partial charge < -0.3 is 5.32 Å². The van der Waals surface area contributed by atoms with Crippen molar-refractivity contribution in [1.82, 2.24) is 5.32 Å². The van der Waals surface area contributed by atoms with Gasteiger partial charge in [0.1, 0.15) is 5.82 Å². The molecule has 17 heavy (non-hydrogen) atoms. The van der Waals surface area contributed by atoms with Gasteiger partial charge >= 0.3 is 0 Å². The zero-order valence-corrected chi connectivity index (χ0v) is 11.0. The SMILES string of the molecule is CNC(Cc1ccc(F)cc1C)C(C)C1CC1. The maximum absolute atomic E-state index is 13.0. The summed E-state index contributed by atoms with van der Waals surface area (Å²) in [5.74, 6) is 1.47. The van der Waals surface area contributed by atoms with Crippen LogP contribution in [0.1, 0.15) is 30.9 Å². The summed E-state index contributed by atoms with van der Waals surface area (Å²) >= 11 is 0. The minimum atomic E-state index is -0.137. The lowest BCUT2D eigenvalue weighted by atomic mass is 9.90. The zero-order chi connectivity index (χ0) is 12.4. The average Bonchev–Trinajstić information content (AvgIpc) is 3.11. The molecule has 2 unspecified atom stereocenters. The van der Waals surface area contributed by atoms with E-state index in [0.717, 1.165) is 17.9 Å². The molecule has 0 radical (unpaired) electrons. The molecular weight excluding hydrogens is 213 g/mol. The molecule has 0 heterocycles. The van der Waals surface area contributed by atoms with Crippen LogP contribution < -0.4 is 5.32 Å². The Labute approximate surface area is 103 Å². The molecule has 0 saturated heterocycles. The molecule has 0 amide bonds. The Morgan fingerprint density at radius 1 is 1.41 bits per heavy atom. The summed E-state index contributed by atoms with van der Waals surface area (Å²) in [6.07, 6.45) is 3.75. The molecule has 1 N–H and O–H groups in total. The van der Waals surface area contributed by atoms with Crippen LogP contribution in [0.3, 0.4) is 0 Å². The number of halogens is 1. The van der Waals surface area contributed by atoms with Crippen LogP contribution in [0.5, 0.6) is 0 Å². The summed E-state index contributed by atoms with van der Waals surface area (Å²) < 4.78 is 13.0. The molecule has 1 aromatic carbocycles. The molecular formula is C15H22FN. The maximum atomic E-state index is 13.0. The van der Waals surface area contributed by atoms with Crippen LogP contribution in [0.15, 0.2) is 18.2 Å². The van der Waals surface area contributed by atoms with Crippen LogP contribution in [-0.4, -0.2) is 13.1 Å². The van der Waals surface area contributed by atoms with Crippen LogP contribution >= 0.6 is 0 Å². The van der Waals surface area contributed by atoms with Crippen molar-refractivity contribution in [3.8, 4) is 0 Å². The third-order valence-electron chi connectivity index (χ3n) is 4.12. The van der Waals surface area contributed by atoms with Crippen molar-refractivity contribution in [3.63, 3.8) is 0 Å². The van der Waals surface area contributed by atoms with Gasteiger partial charge in [0, 0.05) is 6.04 Å². The monoisotopic (exact) mass is 235 g/mol. The van der Waals surface area contributed by atoms with E-state index in [2.05, 4.69) is 12.2 Å². The van der Waals surface area contributed by atoms with E-state index in [-0.39, 0.29) is 5.82 Å². The van der Waals surface area contributed by atoms with Crippen LogP contribution in [0, 0.1) is 24.6 Å². The van der Waals surface area contributed by atoms with Gasteiger partial charge in [-0.15, -0.1) is 0 Å². The fourth-order valence-electron chi connectivity index (χ4n) is 2.63. The molecule has 2 atom stereocenters. The van der Waals surface area contributed by atoms with Gasteiger partial charge in [-0.1, -0.05) is 13.0 Å². The molecule has 1 saturated carbocycles. The Balaban J connectivity index is 2.06. The van der Waals surface area contributed by atoms with Crippen LogP contribution in [0.25, 0.3) is 0 Å². The molecule has 0 spiro atoms. The highest BCUT2D eigenvalue weighted by molar-refractivity contribution is 5.27. The second-order valence-electron chi connectivity index (χ2n) is 5.37. The van der Waals surface area contributed by atoms with Crippen molar-refractivity contribution in [2.75, 3.05) is 7.05 Å². The predicted octanol–water partition coefficient (Wildman–Crippen LogP) is 3.31. The largest absolute Gasteiger partial charge is 0.316 e. The fourth-order valence-corrected chi connectivity index (χ4v) is 2.63. The summed E-state index contributed by atoms with van der Waals surface area (Å²) in [6, 6.07) is 5.63. The first-order valence-corrected chi connectivity index (χ1v) is 6.54. The number of nitrogens with one attached hydrogen (secondary N) is 1. The molecule has 1 fully saturated rings. The lowest BCUT2D eigenvalue weighted by Gasteiger charge is -2.24. The van der Waals surface area contributed by atoms with Gasteiger partial charge in [-0.05, 0) is 68.3 Å². The molecule has 0 bridgehead atoms. The van der Waals surface area contributed by atoms with E-state index in [1.165, 1.54) is 18.4 Å². The molecule has 1 nitrogen and oxygen atoms in total. The number of likely N-dealkylation sites (N-methyl/N-ethyl adjacent to an activating group) is 1. The van der Waals surface area contributed by atoms with Crippen molar-refractivity contribution < 1.29 is 4.39 Å². The highest BCUT2D eigenvalue weighted by atomic mass is 19.1. The van der Waals surface area contributed by atoms with Gasteiger partial charge in [-0.2, -0.15) is 0 Å². The van der Waals surface area contributed by atoms with Gasteiger partial charge in [0.05, 0.1) is 0 Å². The summed E-state index contributed by atoms with van der Waals surface area (Å²) in [6.45, 7) is 4.32. The Morgan fingerprint density at radius 3 is 2.65 bits per heavy atom. The quantitative estimate of drug-likeness (QED) is 0.825. The van der Waals surface area contributed by atoms with Crippen LogP contribution in [-0.2, 0) is 6.42 Å². The molecule has 94 valence electrons. The molecule has 2 heteroatoms. The highest BCUT2D eigenvalue weighted by Gasteiger charge is 2.32. The Kier molecular flexibility index (Phi) is 3.82. The van der Waals surface area contributed by atoms with E-state index in [4.69, 9.17) is 0 Å². The van der Waals surface area contributed by atoms with Gasteiger partial charge in [0.2, 0.25) is 0 Å². The minimum Gasteiger partial charge on any atom is -0.316 e. The van der Waals surface area contributed by atoms with Gasteiger partial charge in [0.25, 0.3) is 0 Å². The maximum Gasteiger partial charge on any atom is 0.123 e. The van der Waals surface area contributed by atoms with Crippen molar-refractivity contribution in [1.29, 1.82) is 0 Å². The lowest BCUT2D eigenvalue weighted by molar-refractivity contribution is 0.357. The zero-order valence-electron chi connectivity index (χ0n) is 11.0.